The Morgan fingerprint density at radius 1 is 1.00 bits per heavy atom. The zero-order chi connectivity index (χ0) is 24.0. The van der Waals surface area contributed by atoms with Crippen molar-refractivity contribution in [3.8, 4) is 35.2 Å². The number of para-hydroxylation sites is 1. The fraction of sp³-hybridized carbons (Fsp3) is 0.0800. The van der Waals surface area contributed by atoms with Gasteiger partial charge in [-0.15, -0.1) is 4.36 Å². The van der Waals surface area contributed by atoms with Gasteiger partial charge in [0.2, 0.25) is 0 Å². The van der Waals surface area contributed by atoms with Crippen LogP contribution in [-0.4, -0.2) is 10.9 Å². The van der Waals surface area contributed by atoms with Crippen molar-refractivity contribution in [2.75, 3.05) is 6.73 Å². The van der Waals surface area contributed by atoms with Crippen LogP contribution in [0.5, 0.6) is 11.5 Å². The highest BCUT2D eigenvalue weighted by atomic mass is 32.3. The number of terminal acetylenes is 1. The van der Waals surface area contributed by atoms with Crippen molar-refractivity contribution in [3.05, 3.63) is 94.8 Å². The molecule has 3 aromatic carbocycles. The van der Waals surface area contributed by atoms with Gasteiger partial charge in [0.15, 0.2) is 6.73 Å². The topological polar surface area (TPSA) is 87.3 Å². The van der Waals surface area contributed by atoms with Gasteiger partial charge in [0, 0.05) is 0 Å². The summed E-state index contributed by atoms with van der Waals surface area (Å²) in [6.07, 6.45) is 7.19. The van der Waals surface area contributed by atoms with Crippen molar-refractivity contribution < 1.29 is 26.2 Å². The molecular formula is C25H18FNO6S. The van der Waals surface area contributed by atoms with Crippen LogP contribution in [-0.2, 0) is 21.7 Å². The van der Waals surface area contributed by atoms with E-state index < -0.39 is 22.8 Å². The van der Waals surface area contributed by atoms with Gasteiger partial charge in [0.25, 0.3) is 0 Å². The van der Waals surface area contributed by atoms with Crippen LogP contribution in [0.4, 0.5) is 3.89 Å². The highest BCUT2D eigenvalue weighted by molar-refractivity contribution is 7.84. The molecule has 34 heavy (non-hydrogen) atoms. The molecule has 0 N–H and O–H groups in total. The van der Waals surface area contributed by atoms with Gasteiger partial charge in [-0.1, -0.05) is 58.8 Å². The van der Waals surface area contributed by atoms with E-state index in [1.54, 1.807) is 36.4 Å². The largest absolute Gasteiger partial charge is 0.469 e. The predicted molar refractivity (Wildman–Crippen MR) is 126 cm³/mol. The molecule has 0 amide bonds. The lowest BCUT2D eigenvalue weighted by Gasteiger charge is -2.08. The summed E-state index contributed by atoms with van der Waals surface area (Å²) >= 11 is 0. The molecule has 7 nitrogen and oxygen atoms in total. The molecule has 1 atom stereocenters. The van der Waals surface area contributed by atoms with Crippen LogP contribution in [0, 0.1) is 12.5 Å². The molecule has 0 aliphatic rings. The first-order valence-corrected chi connectivity index (χ1v) is 11.3. The lowest BCUT2D eigenvalue weighted by molar-refractivity contribution is 0.265. The molecular weight excluding hydrogens is 461 g/mol. The summed E-state index contributed by atoms with van der Waals surface area (Å²) in [7, 11) is -4.54. The molecule has 1 heterocycles. The summed E-state index contributed by atoms with van der Waals surface area (Å²) in [5.74, 6) is 0.164. The Hall–Kier alpha value is -4.29. The molecule has 0 aliphatic heterocycles. The normalized spacial score (nSPS) is 12.4. The Morgan fingerprint density at radius 2 is 1.68 bits per heavy atom. The summed E-state index contributed by atoms with van der Waals surface area (Å²) in [6.45, 7) is -0.313. The van der Waals surface area contributed by atoms with E-state index in [9.17, 15) is 12.9 Å². The highest BCUT2D eigenvalue weighted by Crippen LogP contribution is 2.25. The minimum atomic E-state index is -4.54. The highest BCUT2D eigenvalue weighted by Gasteiger charge is 2.11. The van der Waals surface area contributed by atoms with Gasteiger partial charge < -0.3 is 18.1 Å². The summed E-state index contributed by atoms with van der Waals surface area (Å²) in [4.78, 5) is 11.6. The number of nitrogens with zero attached hydrogens (tertiary/aromatic N) is 1. The van der Waals surface area contributed by atoms with E-state index in [0.29, 0.717) is 17.6 Å². The van der Waals surface area contributed by atoms with Crippen LogP contribution in [0.1, 0.15) is 5.56 Å². The molecule has 9 heteroatoms. The summed E-state index contributed by atoms with van der Waals surface area (Å²) in [5, 5.41) is 0.496. The minimum absolute atomic E-state index is 0.0323. The van der Waals surface area contributed by atoms with Crippen molar-refractivity contribution in [2.45, 2.75) is 6.61 Å². The number of halogens is 1. The Balaban J connectivity index is 1.42. The van der Waals surface area contributed by atoms with E-state index in [4.69, 9.17) is 24.5 Å². The summed E-state index contributed by atoms with van der Waals surface area (Å²) in [6, 6.07) is 21.7. The monoisotopic (exact) mass is 479 g/mol. The first kappa shape index (κ1) is 22.9. The average Bonchev–Trinajstić information content (AvgIpc) is 2.83. The van der Waals surface area contributed by atoms with E-state index >= 15 is 0 Å². The zero-order valence-electron chi connectivity index (χ0n) is 17.7. The first-order valence-electron chi connectivity index (χ1n) is 9.98. The van der Waals surface area contributed by atoms with Crippen molar-refractivity contribution >= 4 is 21.4 Å². The second-order valence-electron chi connectivity index (χ2n) is 6.95. The van der Waals surface area contributed by atoms with Gasteiger partial charge in [-0.25, -0.2) is 4.79 Å². The zero-order valence-corrected chi connectivity index (χ0v) is 18.5. The second kappa shape index (κ2) is 10.1. The van der Waals surface area contributed by atoms with Gasteiger partial charge in [-0.2, -0.15) is 4.21 Å². The van der Waals surface area contributed by atoms with Crippen molar-refractivity contribution in [1.82, 2.24) is 0 Å². The maximum absolute atomic E-state index is 14.4. The van der Waals surface area contributed by atoms with Crippen LogP contribution < -0.4 is 14.5 Å². The molecule has 0 fully saturated rings. The molecule has 0 aliphatic carbocycles. The molecule has 4 aromatic rings. The van der Waals surface area contributed by atoms with Gasteiger partial charge in [0.1, 0.15) is 29.8 Å². The number of benzene rings is 3. The third-order valence-electron chi connectivity index (χ3n) is 4.70. The fourth-order valence-corrected chi connectivity index (χ4v) is 3.71. The number of rotatable bonds is 8. The average molecular weight is 479 g/mol. The van der Waals surface area contributed by atoms with E-state index in [1.165, 1.54) is 12.1 Å². The van der Waals surface area contributed by atoms with Crippen LogP contribution >= 0.6 is 0 Å². The van der Waals surface area contributed by atoms with E-state index in [2.05, 4.69) is 10.5 Å². The first-order chi connectivity index (χ1) is 16.4. The lowest BCUT2D eigenvalue weighted by atomic mass is 10.0. The van der Waals surface area contributed by atoms with Crippen LogP contribution in [0.25, 0.3) is 22.1 Å². The fourth-order valence-electron chi connectivity index (χ4n) is 3.13. The van der Waals surface area contributed by atoms with E-state index in [1.807, 2.05) is 24.3 Å². The Morgan fingerprint density at radius 3 is 2.38 bits per heavy atom. The summed E-state index contributed by atoms with van der Waals surface area (Å²) < 4.78 is 50.1. The number of hydrogen-bond donors (Lipinski definition) is 0. The number of hydrogen-bond acceptors (Lipinski definition) is 7. The molecule has 1 aromatic heterocycles. The Labute approximate surface area is 195 Å². The lowest BCUT2D eigenvalue weighted by Crippen LogP contribution is -2.07. The maximum atomic E-state index is 14.4. The molecule has 0 bridgehead atoms. The van der Waals surface area contributed by atoms with Gasteiger partial charge >= 0.3 is 16.0 Å². The number of ether oxygens (including phenoxy) is 2. The molecule has 0 spiro atoms. The van der Waals surface area contributed by atoms with E-state index in [0.717, 1.165) is 22.8 Å². The smallest absolute Gasteiger partial charge is 0.380 e. The number of fused-ring (bicyclic) bond motifs is 1. The Kier molecular flexibility index (Phi) is 6.80. The minimum Gasteiger partial charge on any atom is -0.469 e. The van der Waals surface area contributed by atoms with Gasteiger partial charge in [-0.05, 0) is 41.0 Å². The maximum Gasteiger partial charge on any atom is 0.380 e. The standard InChI is InChI=1S/C25H18FNO6S/c1-2-30-16-18-7-9-19(10-8-18)20-11-13-21(14-12-20)33-34(26,29)27-17-31-24-15-25(28)32-23-6-4-3-5-22(23)24/h1,3-15H,16-17H2. The van der Waals surface area contributed by atoms with Gasteiger partial charge in [-0.3, -0.25) is 0 Å². The summed E-state index contributed by atoms with van der Waals surface area (Å²) in [5.41, 5.74) is 2.35. The van der Waals surface area contributed by atoms with E-state index in [-0.39, 0.29) is 11.5 Å². The second-order valence-corrected chi connectivity index (χ2v) is 8.20. The van der Waals surface area contributed by atoms with Crippen molar-refractivity contribution in [3.63, 3.8) is 0 Å². The van der Waals surface area contributed by atoms with Crippen molar-refractivity contribution in [1.29, 1.82) is 0 Å². The molecule has 1 unspecified atom stereocenters. The SMILES string of the molecule is C#COCc1ccc(-c2ccc(OS(=O)(F)=NCOc3cc(=O)oc4ccccc34)cc2)cc1. The Bertz CT molecular complexity index is 1510. The quantitative estimate of drug-likeness (QED) is 0.195. The van der Waals surface area contributed by atoms with Crippen molar-refractivity contribution in [2.24, 2.45) is 4.36 Å². The van der Waals surface area contributed by atoms with Crippen LogP contribution in [0.3, 0.4) is 0 Å². The molecule has 0 saturated carbocycles. The van der Waals surface area contributed by atoms with Crippen LogP contribution in [0.15, 0.2) is 92.4 Å². The third-order valence-corrected chi connectivity index (χ3v) is 5.51. The third kappa shape index (κ3) is 5.74. The molecule has 172 valence electrons. The molecule has 0 radical (unpaired) electrons. The predicted octanol–water partition coefficient (Wildman–Crippen LogP) is 5.25. The molecule has 4 rings (SSSR count). The molecule has 0 saturated heterocycles. The van der Waals surface area contributed by atoms with Gasteiger partial charge in [0.05, 0.1) is 11.5 Å². The van der Waals surface area contributed by atoms with Crippen LogP contribution in [0.2, 0.25) is 0 Å².